The first kappa shape index (κ1) is 13.5. The maximum Gasteiger partial charge on any atom is 0.123 e. The van der Waals surface area contributed by atoms with Crippen LogP contribution >= 0.6 is 0 Å². The average Bonchev–Trinajstić information content (AvgIpc) is 2.85. The predicted octanol–water partition coefficient (Wildman–Crippen LogP) is 4.84. The number of rotatable bonds is 1. The van der Waals surface area contributed by atoms with Gasteiger partial charge in [0.05, 0.1) is 0 Å². The second-order valence-corrected chi connectivity index (χ2v) is 7.61. The van der Waals surface area contributed by atoms with Crippen molar-refractivity contribution in [3.63, 3.8) is 0 Å². The van der Waals surface area contributed by atoms with Crippen LogP contribution in [0, 0.1) is 0 Å². The fourth-order valence-corrected chi connectivity index (χ4v) is 3.03. The molecule has 0 saturated carbocycles. The summed E-state index contributed by atoms with van der Waals surface area (Å²) in [5, 5.41) is 10.7. The van der Waals surface area contributed by atoms with Gasteiger partial charge in [-0.2, -0.15) is 0 Å². The van der Waals surface area contributed by atoms with Gasteiger partial charge in [0.2, 0.25) is 0 Å². The maximum atomic E-state index is 10.7. The normalized spacial score (nSPS) is 18.7. The molecule has 1 aromatic carbocycles. The predicted molar refractivity (Wildman–Crippen MR) is 77.6 cm³/mol. The molecule has 0 aromatic heterocycles. The molecule has 1 aliphatic rings. The van der Waals surface area contributed by atoms with Crippen molar-refractivity contribution in [1.29, 1.82) is 0 Å². The molecule has 1 heteroatoms. The molecule has 1 aromatic rings. The number of aromatic hydroxyl groups is 1. The summed E-state index contributed by atoms with van der Waals surface area (Å²) in [6, 6.07) is 2.23. The molecule has 0 amide bonds. The van der Waals surface area contributed by atoms with Crippen LogP contribution < -0.4 is 0 Å². The molecule has 2 rings (SSSR count). The third-order valence-electron chi connectivity index (χ3n) is 3.98. The highest BCUT2D eigenvalue weighted by Crippen LogP contribution is 2.56. The van der Waals surface area contributed by atoms with Gasteiger partial charge in [-0.15, -0.1) is 0 Å². The van der Waals surface area contributed by atoms with Gasteiger partial charge >= 0.3 is 0 Å². The van der Waals surface area contributed by atoms with Crippen LogP contribution in [0.15, 0.2) is 6.07 Å². The van der Waals surface area contributed by atoms with Crippen LogP contribution in [-0.2, 0) is 10.8 Å². The second-order valence-electron chi connectivity index (χ2n) is 7.61. The first-order valence-corrected chi connectivity index (χ1v) is 6.99. The number of fused-ring (bicyclic) bond motifs is 1. The van der Waals surface area contributed by atoms with E-state index in [1.54, 1.807) is 0 Å². The Morgan fingerprint density at radius 1 is 1.06 bits per heavy atom. The monoisotopic (exact) mass is 246 g/mol. The van der Waals surface area contributed by atoms with Crippen molar-refractivity contribution in [3.8, 4) is 5.75 Å². The molecule has 0 radical (unpaired) electrons. The van der Waals surface area contributed by atoms with E-state index in [4.69, 9.17) is 0 Å². The van der Waals surface area contributed by atoms with Crippen molar-refractivity contribution in [2.24, 2.45) is 0 Å². The summed E-state index contributed by atoms with van der Waals surface area (Å²) in [5.41, 5.74) is 5.17. The Morgan fingerprint density at radius 3 is 2.00 bits per heavy atom. The van der Waals surface area contributed by atoms with E-state index in [1.165, 1.54) is 16.7 Å². The quantitative estimate of drug-likeness (QED) is 0.751. The Hall–Kier alpha value is -0.980. The van der Waals surface area contributed by atoms with Gasteiger partial charge in [0, 0.05) is 11.5 Å². The van der Waals surface area contributed by atoms with Gasteiger partial charge in [0.15, 0.2) is 0 Å². The molecule has 1 unspecified atom stereocenters. The highest BCUT2D eigenvalue weighted by molar-refractivity contribution is 5.67. The molecule has 1 nitrogen and oxygen atoms in total. The summed E-state index contributed by atoms with van der Waals surface area (Å²) < 4.78 is 0. The van der Waals surface area contributed by atoms with E-state index in [0.29, 0.717) is 11.7 Å². The van der Waals surface area contributed by atoms with Crippen LogP contribution in [0.3, 0.4) is 0 Å². The number of phenolic OH excluding ortho intramolecular Hbond substituents is 1. The van der Waals surface area contributed by atoms with E-state index in [1.807, 2.05) is 0 Å². The lowest BCUT2D eigenvalue weighted by atomic mass is 9.79. The fourth-order valence-electron chi connectivity index (χ4n) is 3.03. The van der Waals surface area contributed by atoms with Gasteiger partial charge in [-0.25, -0.2) is 0 Å². The van der Waals surface area contributed by atoms with E-state index in [9.17, 15) is 5.11 Å². The first-order valence-electron chi connectivity index (χ1n) is 6.99. The number of hydrogen-bond donors (Lipinski definition) is 1. The van der Waals surface area contributed by atoms with Gasteiger partial charge in [-0.1, -0.05) is 54.5 Å². The lowest BCUT2D eigenvalue weighted by Gasteiger charge is -2.26. The molecule has 1 aliphatic carbocycles. The van der Waals surface area contributed by atoms with Crippen LogP contribution in [0.1, 0.15) is 83.1 Å². The molecule has 0 aliphatic heterocycles. The largest absolute Gasteiger partial charge is 0.507 e. The summed E-state index contributed by atoms with van der Waals surface area (Å²) in [5.74, 6) is 1.12. The first-order chi connectivity index (χ1) is 8.09. The molecule has 0 bridgehead atoms. The minimum absolute atomic E-state index is 0.00000520. The summed E-state index contributed by atoms with van der Waals surface area (Å²) >= 11 is 0. The molecule has 0 spiro atoms. The minimum Gasteiger partial charge on any atom is -0.507 e. The zero-order valence-corrected chi connectivity index (χ0v) is 12.8. The van der Waals surface area contributed by atoms with Crippen molar-refractivity contribution >= 4 is 0 Å². The third-order valence-corrected chi connectivity index (χ3v) is 3.98. The van der Waals surface area contributed by atoms with Crippen molar-refractivity contribution in [2.45, 2.75) is 71.6 Å². The Kier molecular flexibility index (Phi) is 2.81. The maximum absolute atomic E-state index is 10.7. The topological polar surface area (TPSA) is 20.2 Å². The van der Waals surface area contributed by atoms with E-state index in [2.05, 4.69) is 54.5 Å². The zero-order chi connectivity index (χ0) is 13.9. The molecular formula is C17H26O. The molecule has 1 atom stereocenters. The van der Waals surface area contributed by atoms with E-state index >= 15 is 0 Å². The number of benzene rings is 1. The van der Waals surface area contributed by atoms with Crippen molar-refractivity contribution in [2.75, 3.05) is 0 Å². The van der Waals surface area contributed by atoms with Gasteiger partial charge in [-0.3, -0.25) is 0 Å². The molecule has 100 valence electrons. The average molecular weight is 246 g/mol. The van der Waals surface area contributed by atoms with Crippen molar-refractivity contribution < 1.29 is 5.11 Å². The van der Waals surface area contributed by atoms with Gasteiger partial charge in [0.25, 0.3) is 0 Å². The van der Waals surface area contributed by atoms with Crippen LogP contribution in [0.2, 0.25) is 0 Å². The highest BCUT2D eigenvalue weighted by Gasteiger charge is 2.41. The lowest BCUT2D eigenvalue weighted by Crippen LogP contribution is -2.16. The van der Waals surface area contributed by atoms with Crippen molar-refractivity contribution in [3.05, 3.63) is 28.3 Å². The molecule has 18 heavy (non-hydrogen) atoms. The van der Waals surface area contributed by atoms with Crippen LogP contribution in [0.5, 0.6) is 5.75 Å². The van der Waals surface area contributed by atoms with E-state index in [-0.39, 0.29) is 10.8 Å². The van der Waals surface area contributed by atoms with Gasteiger partial charge in [-0.05, 0) is 33.9 Å². The third kappa shape index (κ3) is 1.94. The minimum atomic E-state index is -0.00000520. The van der Waals surface area contributed by atoms with Gasteiger partial charge in [0.1, 0.15) is 5.75 Å². The number of hydrogen-bond acceptors (Lipinski definition) is 1. The Labute approximate surface area is 111 Å². The van der Waals surface area contributed by atoms with Crippen LogP contribution in [0.4, 0.5) is 0 Å². The number of phenols is 1. The highest BCUT2D eigenvalue weighted by atomic mass is 16.3. The molecule has 1 N–H and O–H groups in total. The molecular weight excluding hydrogens is 220 g/mol. The zero-order valence-electron chi connectivity index (χ0n) is 12.8. The SMILES string of the molecule is CCC1c2cc(C(C)(C)C)c(O)c(C(C)(C)C)c21. The molecule has 0 saturated heterocycles. The van der Waals surface area contributed by atoms with E-state index in [0.717, 1.165) is 12.0 Å². The summed E-state index contributed by atoms with van der Waals surface area (Å²) in [6.45, 7) is 15.3. The smallest absolute Gasteiger partial charge is 0.123 e. The Balaban J connectivity index is 2.68. The fraction of sp³-hybridized carbons (Fsp3) is 0.647. The van der Waals surface area contributed by atoms with Crippen LogP contribution in [-0.4, -0.2) is 5.11 Å². The Morgan fingerprint density at radius 2 is 1.61 bits per heavy atom. The standard InChI is InChI=1S/C17H26O/c1-8-10-11-9-12(16(2,3)4)15(18)14(13(10)11)17(5,6)7/h9-10,18H,8H2,1-7H3. The molecule has 0 fully saturated rings. The lowest BCUT2D eigenvalue weighted by molar-refractivity contribution is 0.423. The van der Waals surface area contributed by atoms with E-state index < -0.39 is 0 Å². The summed E-state index contributed by atoms with van der Waals surface area (Å²) in [6.07, 6.45) is 1.14. The van der Waals surface area contributed by atoms with Crippen molar-refractivity contribution in [1.82, 2.24) is 0 Å². The Bertz CT molecular complexity index is 484. The summed E-state index contributed by atoms with van der Waals surface area (Å²) in [4.78, 5) is 0. The second kappa shape index (κ2) is 3.76. The van der Waals surface area contributed by atoms with Crippen LogP contribution in [0.25, 0.3) is 0 Å². The summed E-state index contributed by atoms with van der Waals surface area (Å²) in [7, 11) is 0. The molecule has 0 heterocycles. The van der Waals surface area contributed by atoms with Gasteiger partial charge < -0.3 is 5.11 Å².